The van der Waals surface area contributed by atoms with Gasteiger partial charge < -0.3 is 5.32 Å². The average Bonchev–Trinajstić information content (AvgIpc) is 2.51. The maximum Gasteiger partial charge on any atom is 0.221 e. The monoisotopic (exact) mass is 257 g/mol. The van der Waals surface area contributed by atoms with Crippen molar-refractivity contribution in [3.8, 4) is 0 Å². The molecule has 0 aliphatic heterocycles. The highest BCUT2D eigenvalue weighted by molar-refractivity contribution is 6.31. The molecule has 0 aromatic carbocycles. The number of carbonyl (C=O) groups is 1. The van der Waals surface area contributed by atoms with Crippen molar-refractivity contribution in [2.45, 2.75) is 40.7 Å². The zero-order chi connectivity index (χ0) is 13.0. The maximum atomic E-state index is 11.5. The maximum absolute atomic E-state index is 11.5. The van der Waals surface area contributed by atoms with Crippen LogP contribution in [0, 0.1) is 19.8 Å². The second-order valence-electron chi connectivity index (χ2n) is 4.66. The second-order valence-corrected chi connectivity index (χ2v) is 5.03. The van der Waals surface area contributed by atoms with Crippen LogP contribution in [0.2, 0.25) is 5.02 Å². The van der Waals surface area contributed by atoms with Gasteiger partial charge in [0, 0.05) is 13.0 Å². The first kappa shape index (κ1) is 14.0. The van der Waals surface area contributed by atoms with Gasteiger partial charge in [0.15, 0.2) is 0 Å². The third-order valence-corrected chi connectivity index (χ3v) is 3.10. The number of nitrogens with one attached hydrogen (secondary N) is 1. The van der Waals surface area contributed by atoms with Gasteiger partial charge in [-0.25, -0.2) is 0 Å². The highest BCUT2D eigenvalue weighted by Crippen LogP contribution is 2.18. The van der Waals surface area contributed by atoms with Crippen molar-refractivity contribution in [1.82, 2.24) is 15.1 Å². The number of amides is 1. The Labute approximate surface area is 107 Å². The molecule has 0 fully saturated rings. The van der Waals surface area contributed by atoms with Gasteiger partial charge in [0.2, 0.25) is 5.91 Å². The summed E-state index contributed by atoms with van der Waals surface area (Å²) in [6.45, 7) is 9.21. The van der Waals surface area contributed by atoms with E-state index in [0.717, 1.165) is 17.9 Å². The van der Waals surface area contributed by atoms with E-state index in [1.54, 1.807) is 4.68 Å². The number of nitrogens with zero attached hydrogens (tertiary/aromatic N) is 2. The summed E-state index contributed by atoms with van der Waals surface area (Å²) in [6, 6.07) is 0. The minimum atomic E-state index is 0.0578. The third-order valence-electron chi connectivity index (χ3n) is 2.55. The fraction of sp³-hybridized carbons (Fsp3) is 0.667. The zero-order valence-corrected chi connectivity index (χ0v) is 11.6. The van der Waals surface area contributed by atoms with Crippen molar-refractivity contribution in [3.05, 3.63) is 16.4 Å². The number of hydrogen-bond acceptors (Lipinski definition) is 2. The zero-order valence-electron chi connectivity index (χ0n) is 10.9. The van der Waals surface area contributed by atoms with Crippen LogP contribution in [0.15, 0.2) is 0 Å². The van der Waals surface area contributed by atoms with E-state index in [9.17, 15) is 4.79 Å². The highest BCUT2D eigenvalue weighted by atomic mass is 35.5. The van der Waals surface area contributed by atoms with Crippen LogP contribution in [0.25, 0.3) is 0 Å². The molecule has 0 saturated heterocycles. The van der Waals surface area contributed by atoms with Crippen molar-refractivity contribution in [2.75, 3.05) is 6.54 Å². The molecule has 0 aliphatic carbocycles. The van der Waals surface area contributed by atoms with Gasteiger partial charge in [-0.2, -0.15) is 5.10 Å². The number of hydrogen-bond donors (Lipinski definition) is 1. The Bertz CT molecular complexity index is 399. The third kappa shape index (κ3) is 4.04. The van der Waals surface area contributed by atoms with Crippen molar-refractivity contribution in [3.63, 3.8) is 0 Å². The van der Waals surface area contributed by atoms with Crippen LogP contribution >= 0.6 is 11.6 Å². The SMILES string of the molecule is Cc1nn(CCC(=O)NCC(C)C)c(C)c1Cl. The molecule has 0 atom stereocenters. The molecular weight excluding hydrogens is 238 g/mol. The predicted molar refractivity (Wildman–Crippen MR) is 69.2 cm³/mol. The lowest BCUT2D eigenvalue weighted by Gasteiger charge is -2.08. The van der Waals surface area contributed by atoms with Crippen molar-refractivity contribution in [2.24, 2.45) is 5.92 Å². The van der Waals surface area contributed by atoms with Crippen molar-refractivity contribution < 1.29 is 4.79 Å². The van der Waals surface area contributed by atoms with Crippen LogP contribution in [0.1, 0.15) is 31.7 Å². The molecule has 5 heteroatoms. The second kappa shape index (κ2) is 6.05. The summed E-state index contributed by atoms with van der Waals surface area (Å²) in [4.78, 5) is 11.5. The number of aromatic nitrogens is 2. The lowest BCUT2D eigenvalue weighted by atomic mass is 10.2. The molecule has 1 N–H and O–H groups in total. The van der Waals surface area contributed by atoms with E-state index in [-0.39, 0.29) is 5.91 Å². The Kier molecular flexibility index (Phi) is 5.00. The Hall–Kier alpha value is -1.03. The van der Waals surface area contributed by atoms with Crippen LogP contribution in [0.5, 0.6) is 0 Å². The normalized spacial score (nSPS) is 10.9. The minimum absolute atomic E-state index is 0.0578. The summed E-state index contributed by atoms with van der Waals surface area (Å²) in [6.07, 6.45) is 0.436. The number of halogens is 1. The molecule has 0 spiro atoms. The van der Waals surface area contributed by atoms with Gasteiger partial charge in [-0.3, -0.25) is 9.48 Å². The smallest absolute Gasteiger partial charge is 0.221 e. The quantitative estimate of drug-likeness (QED) is 0.880. The summed E-state index contributed by atoms with van der Waals surface area (Å²) >= 11 is 6.03. The van der Waals surface area contributed by atoms with Gasteiger partial charge in [-0.1, -0.05) is 25.4 Å². The molecule has 0 aliphatic rings. The Morgan fingerprint density at radius 3 is 2.59 bits per heavy atom. The van der Waals surface area contributed by atoms with E-state index in [0.29, 0.717) is 23.9 Å². The molecule has 1 aromatic heterocycles. The number of aryl methyl sites for hydroxylation is 2. The van der Waals surface area contributed by atoms with E-state index >= 15 is 0 Å². The Balaban J connectivity index is 2.45. The molecule has 4 nitrogen and oxygen atoms in total. The van der Waals surface area contributed by atoms with Crippen LogP contribution < -0.4 is 5.32 Å². The molecule has 96 valence electrons. The van der Waals surface area contributed by atoms with Gasteiger partial charge >= 0.3 is 0 Å². The summed E-state index contributed by atoms with van der Waals surface area (Å²) in [5.74, 6) is 0.532. The predicted octanol–water partition coefficient (Wildman–Crippen LogP) is 2.32. The number of carbonyl (C=O) groups excluding carboxylic acids is 1. The van der Waals surface area contributed by atoms with E-state index in [4.69, 9.17) is 11.6 Å². The molecule has 0 saturated carbocycles. The molecule has 0 radical (unpaired) electrons. The van der Waals surface area contributed by atoms with Crippen molar-refractivity contribution in [1.29, 1.82) is 0 Å². The van der Waals surface area contributed by atoms with Crippen LogP contribution in [0.3, 0.4) is 0 Å². The highest BCUT2D eigenvalue weighted by Gasteiger charge is 2.10. The summed E-state index contributed by atoms with van der Waals surface area (Å²) in [5.41, 5.74) is 1.73. The largest absolute Gasteiger partial charge is 0.356 e. The van der Waals surface area contributed by atoms with E-state index in [1.807, 2.05) is 13.8 Å². The molecule has 17 heavy (non-hydrogen) atoms. The van der Waals surface area contributed by atoms with Gasteiger partial charge in [0.1, 0.15) is 0 Å². The fourth-order valence-electron chi connectivity index (χ4n) is 1.51. The van der Waals surface area contributed by atoms with Crippen molar-refractivity contribution >= 4 is 17.5 Å². The van der Waals surface area contributed by atoms with Crippen LogP contribution in [0.4, 0.5) is 0 Å². The lowest BCUT2D eigenvalue weighted by molar-refractivity contribution is -0.121. The summed E-state index contributed by atoms with van der Waals surface area (Å²) in [7, 11) is 0. The van der Waals surface area contributed by atoms with Gasteiger partial charge in [0.05, 0.1) is 23.0 Å². The first-order valence-electron chi connectivity index (χ1n) is 5.88. The molecule has 0 unspecified atom stereocenters. The van der Waals surface area contributed by atoms with E-state index in [2.05, 4.69) is 24.3 Å². The molecule has 1 aromatic rings. The van der Waals surface area contributed by atoms with E-state index < -0.39 is 0 Å². The minimum Gasteiger partial charge on any atom is -0.356 e. The lowest BCUT2D eigenvalue weighted by Crippen LogP contribution is -2.28. The first-order valence-corrected chi connectivity index (χ1v) is 6.25. The number of rotatable bonds is 5. The van der Waals surface area contributed by atoms with E-state index in [1.165, 1.54) is 0 Å². The van der Waals surface area contributed by atoms with Crippen LogP contribution in [-0.2, 0) is 11.3 Å². The van der Waals surface area contributed by atoms with Gasteiger partial charge in [-0.15, -0.1) is 0 Å². The van der Waals surface area contributed by atoms with Gasteiger partial charge in [0.25, 0.3) is 0 Å². The van der Waals surface area contributed by atoms with Gasteiger partial charge in [-0.05, 0) is 19.8 Å². The Morgan fingerprint density at radius 2 is 2.12 bits per heavy atom. The molecule has 0 bridgehead atoms. The summed E-state index contributed by atoms with van der Waals surface area (Å²) < 4.78 is 1.78. The molecule has 1 rings (SSSR count). The average molecular weight is 258 g/mol. The molecule has 1 heterocycles. The topological polar surface area (TPSA) is 46.9 Å². The first-order chi connectivity index (χ1) is 7.91. The molecular formula is C12H20ClN3O. The summed E-state index contributed by atoms with van der Waals surface area (Å²) in [5, 5.41) is 7.85. The fourth-order valence-corrected chi connectivity index (χ4v) is 1.64. The molecule has 1 amide bonds. The standard InChI is InChI=1S/C12H20ClN3O/c1-8(2)7-14-11(17)5-6-16-10(4)12(13)9(3)15-16/h8H,5-7H2,1-4H3,(H,14,17). The van der Waals surface area contributed by atoms with Crippen LogP contribution in [-0.4, -0.2) is 22.2 Å². The Morgan fingerprint density at radius 1 is 1.47 bits per heavy atom.